The average Bonchev–Trinajstić information content (AvgIpc) is 2.59. The maximum absolute atomic E-state index is 12.3. The minimum Gasteiger partial charge on any atom is -0.356 e. The first-order valence-electron chi connectivity index (χ1n) is 8.83. The molecule has 1 aliphatic heterocycles. The number of benzene rings is 1. The van der Waals surface area contributed by atoms with Gasteiger partial charge in [0.05, 0.1) is 0 Å². The quantitative estimate of drug-likeness (QED) is 0.420. The molecule has 1 N–H and O–H groups in total. The number of carbonyl (C=O) groups excluding carboxylic acids is 1. The molecule has 1 amide bonds. The maximum atomic E-state index is 12.3. The fourth-order valence-electron chi connectivity index (χ4n) is 3.13. The highest BCUT2D eigenvalue weighted by Crippen LogP contribution is 2.15. The molecule has 1 fully saturated rings. The molecule has 6 heteroatoms. The lowest BCUT2D eigenvalue weighted by Gasteiger charge is -2.33. The van der Waals surface area contributed by atoms with E-state index in [9.17, 15) is 4.79 Å². The van der Waals surface area contributed by atoms with E-state index in [2.05, 4.69) is 22.1 Å². The van der Waals surface area contributed by atoms with Crippen molar-refractivity contribution < 1.29 is 4.79 Å². The normalized spacial score (nSPS) is 17.6. The van der Waals surface area contributed by atoms with Crippen LogP contribution in [-0.4, -0.2) is 55.4 Å². The number of piperidine rings is 1. The number of likely N-dealkylation sites (tertiary alicyclic amines) is 1. The molecule has 1 saturated heterocycles. The van der Waals surface area contributed by atoms with Crippen LogP contribution in [0, 0.1) is 5.92 Å². The van der Waals surface area contributed by atoms with Crippen LogP contribution in [0.1, 0.15) is 31.7 Å². The first-order valence-corrected chi connectivity index (χ1v) is 8.83. The number of rotatable bonds is 5. The number of guanidine groups is 1. The van der Waals surface area contributed by atoms with Crippen molar-refractivity contribution in [2.24, 2.45) is 10.9 Å². The molecular formula is C19H31IN4O. The van der Waals surface area contributed by atoms with Crippen LogP contribution < -0.4 is 5.32 Å². The number of hydrogen-bond donors (Lipinski definition) is 1. The van der Waals surface area contributed by atoms with Crippen LogP contribution in [0.3, 0.4) is 0 Å². The monoisotopic (exact) mass is 458 g/mol. The largest absolute Gasteiger partial charge is 0.356 e. The molecule has 1 atom stereocenters. The van der Waals surface area contributed by atoms with Crippen molar-refractivity contribution in [3.63, 3.8) is 0 Å². The van der Waals surface area contributed by atoms with Gasteiger partial charge in [-0.2, -0.15) is 0 Å². The van der Waals surface area contributed by atoms with E-state index in [0.717, 1.165) is 24.6 Å². The van der Waals surface area contributed by atoms with E-state index in [1.54, 1.807) is 4.90 Å². The van der Waals surface area contributed by atoms with Crippen molar-refractivity contribution in [3.05, 3.63) is 35.9 Å². The number of aliphatic imine (C=N–C) groups is 1. The molecule has 5 nitrogen and oxygen atoms in total. The van der Waals surface area contributed by atoms with Crippen molar-refractivity contribution in [1.82, 2.24) is 15.1 Å². The lowest BCUT2D eigenvalue weighted by Crippen LogP contribution is -2.46. The Hall–Kier alpha value is -1.31. The van der Waals surface area contributed by atoms with Crippen molar-refractivity contribution in [2.75, 3.05) is 33.7 Å². The molecule has 0 aromatic heterocycles. The van der Waals surface area contributed by atoms with E-state index < -0.39 is 0 Å². The van der Waals surface area contributed by atoms with Crippen molar-refractivity contribution in [3.8, 4) is 0 Å². The molecule has 140 valence electrons. The Morgan fingerprint density at radius 3 is 2.72 bits per heavy atom. The summed E-state index contributed by atoms with van der Waals surface area (Å²) in [4.78, 5) is 20.7. The number of halogens is 1. The lowest BCUT2D eigenvalue weighted by atomic mass is 10.0. The maximum Gasteiger partial charge on any atom is 0.224 e. The van der Waals surface area contributed by atoms with E-state index in [-0.39, 0.29) is 29.9 Å². The van der Waals surface area contributed by atoms with Gasteiger partial charge in [-0.3, -0.25) is 9.79 Å². The Labute approximate surface area is 168 Å². The van der Waals surface area contributed by atoms with Crippen LogP contribution >= 0.6 is 24.0 Å². The first kappa shape index (κ1) is 21.7. The van der Waals surface area contributed by atoms with Crippen LogP contribution in [0.2, 0.25) is 0 Å². The zero-order chi connectivity index (χ0) is 17.4. The number of nitrogens with zero attached hydrogens (tertiary/aromatic N) is 3. The smallest absolute Gasteiger partial charge is 0.224 e. The summed E-state index contributed by atoms with van der Waals surface area (Å²) in [5.74, 6) is 1.77. The minimum atomic E-state index is 0. The fourth-order valence-corrected chi connectivity index (χ4v) is 3.13. The molecule has 0 spiro atoms. The molecule has 1 aliphatic rings. The van der Waals surface area contributed by atoms with Gasteiger partial charge >= 0.3 is 0 Å². The molecule has 0 radical (unpaired) electrons. The second-order valence-corrected chi connectivity index (χ2v) is 6.65. The topological polar surface area (TPSA) is 47.9 Å². The summed E-state index contributed by atoms with van der Waals surface area (Å²) in [6.07, 6.45) is 2.97. The summed E-state index contributed by atoms with van der Waals surface area (Å²) in [6.45, 7) is 5.64. The lowest BCUT2D eigenvalue weighted by molar-refractivity contribution is -0.130. The predicted octanol–water partition coefficient (Wildman–Crippen LogP) is 2.96. The Morgan fingerprint density at radius 2 is 2.08 bits per heavy atom. The summed E-state index contributed by atoms with van der Waals surface area (Å²) in [5.41, 5.74) is 1.15. The van der Waals surface area contributed by atoms with Gasteiger partial charge in [-0.05, 0) is 24.3 Å². The Morgan fingerprint density at radius 1 is 1.36 bits per heavy atom. The molecule has 1 heterocycles. The number of nitrogens with one attached hydrogen (secondary N) is 1. The highest BCUT2D eigenvalue weighted by molar-refractivity contribution is 14.0. The number of hydrogen-bond acceptors (Lipinski definition) is 2. The molecule has 0 bridgehead atoms. The third kappa shape index (κ3) is 7.22. The minimum absolute atomic E-state index is 0. The van der Waals surface area contributed by atoms with Crippen LogP contribution in [0.15, 0.2) is 35.3 Å². The second kappa shape index (κ2) is 11.3. The molecule has 0 saturated carbocycles. The summed E-state index contributed by atoms with van der Waals surface area (Å²) in [7, 11) is 3.67. The highest BCUT2D eigenvalue weighted by Gasteiger charge is 2.19. The Bertz CT molecular complexity index is 550. The summed E-state index contributed by atoms with van der Waals surface area (Å²) in [6, 6.07) is 10.1. The van der Waals surface area contributed by atoms with E-state index in [4.69, 9.17) is 0 Å². The molecule has 1 aromatic carbocycles. The average molecular weight is 458 g/mol. The van der Waals surface area contributed by atoms with E-state index in [1.807, 2.05) is 44.4 Å². The van der Waals surface area contributed by atoms with Crippen LogP contribution in [0.4, 0.5) is 0 Å². The third-order valence-electron chi connectivity index (χ3n) is 4.48. The van der Waals surface area contributed by atoms with Crippen LogP contribution in [-0.2, 0) is 11.3 Å². The van der Waals surface area contributed by atoms with Gasteiger partial charge in [-0.1, -0.05) is 37.3 Å². The third-order valence-corrected chi connectivity index (χ3v) is 4.48. The Balaban J connectivity index is 0.00000312. The zero-order valence-corrected chi connectivity index (χ0v) is 17.9. The molecule has 25 heavy (non-hydrogen) atoms. The van der Waals surface area contributed by atoms with Gasteiger partial charge in [-0.25, -0.2) is 0 Å². The van der Waals surface area contributed by atoms with E-state index >= 15 is 0 Å². The van der Waals surface area contributed by atoms with Gasteiger partial charge in [0.1, 0.15) is 0 Å². The predicted molar refractivity (Wildman–Crippen MR) is 114 cm³/mol. The summed E-state index contributed by atoms with van der Waals surface area (Å²) < 4.78 is 0. The summed E-state index contributed by atoms with van der Waals surface area (Å²) in [5, 5.41) is 3.34. The van der Waals surface area contributed by atoms with Crippen LogP contribution in [0.25, 0.3) is 0 Å². The van der Waals surface area contributed by atoms with E-state index in [0.29, 0.717) is 25.4 Å². The molecule has 1 aromatic rings. The van der Waals surface area contributed by atoms with E-state index in [1.165, 1.54) is 12.8 Å². The molecule has 2 rings (SSSR count). The van der Waals surface area contributed by atoms with Gasteiger partial charge in [0.25, 0.3) is 0 Å². The SMILES string of the molecule is CN=C(NCCC(=O)N(C)Cc1ccccc1)N1CCCC(C)C1.I. The van der Waals surface area contributed by atoms with Gasteiger partial charge in [0.2, 0.25) is 5.91 Å². The van der Waals surface area contributed by atoms with Crippen molar-refractivity contribution in [1.29, 1.82) is 0 Å². The van der Waals surface area contributed by atoms with Gasteiger partial charge in [0, 0.05) is 46.7 Å². The van der Waals surface area contributed by atoms with Gasteiger partial charge in [-0.15, -0.1) is 24.0 Å². The van der Waals surface area contributed by atoms with Crippen molar-refractivity contribution >= 4 is 35.8 Å². The van der Waals surface area contributed by atoms with Gasteiger partial charge in [0.15, 0.2) is 5.96 Å². The van der Waals surface area contributed by atoms with Crippen molar-refractivity contribution in [2.45, 2.75) is 32.7 Å². The second-order valence-electron chi connectivity index (χ2n) is 6.65. The molecule has 1 unspecified atom stereocenters. The number of amides is 1. The molecular weight excluding hydrogens is 427 g/mol. The standard InChI is InChI=1S/C19H30N4O.HI/c1-16-8-7-13-23(14-16)19(20-2)21-12-11-18(24)22(3)15-17-9-5-4-6-10-17;/h4-6,9-10,16H,7-8,11-15H2,1-3H3,(H,20,21);1H. The fraction of sp³-hybridized carbons (Fsp3) is 0.579. The zero-order valence-electron chi connectivity index (χ0n) is 15.6. The number of carbonyl (C=O) groups is 1. The first-order chi connectivity index (χ1) is 11.6. The van der Waals surface area contributed by atoms with Crippen LogP contribution in [0.5, 0.6) is 0 Å². The van der Waals surface area contributed by atoms with Gasteiger partial charge < -0.3 is 15.1 Å². The summed E-state index contributed by atoms with van der Waals surface area (Å²) >= 11 is 0. The highest BCUT2D eigenvalue weighted by atomic mass is 127. The molecule has 0 aliphatic carbocycles. The Kier molecular flexibility index (Phi) is 9.85.